The van der Waals surface area contributed by atoms with Crippen molar-refractivity contribution in [2.75, 3.05) is 38.2 Å². The van der Waals surface area contributed by atoms with E-state index in [2.05, 4.69) is 31.4 Å². The molecule has 1 atom stereocenters. The molecule has 1 saturated heterocycles. The number of methoxy groups -OCH3 is 1. The van der Waals surface area contributed by atoms with Crippen molar-refractivity contribution >= 4 is 5.69 Å². The zero-order chi connectivity index (χ0) is 22.0. The average molecular weight is 425 g/mol. The molecular formula is C23H29FN6O. The molecule has 0 N–H and O–H groups in total. The summed E-state index contributed by atoms with van der Waals surface area (Å²) in [4.78, 5) is 4.57. The number of hydrogen-bond acceptors (Lipinski definition) is 6. The van der Waals surface area contributed by atoms with Gasteiger partial charge < -0.3 is 9.64 Å². The van der Waals surface area contributed by atoms with Crippen LogP contribution in [0.25, 0.3) is 0 Å². The highest BCUT2D eigenvalue weighted by Crippen LogP contribution is 2.34. The molecule has 3 aromatic rings. The van der Waals surface area contributed by atoms with Crippen LogP contribution in [0.3, 0.4) is 0 Å². The highest BCUT2D eigenvalue weighted by Gasteiger charge is 2.34. The second-order valence-corrected chi connectivity index (χ2v) is 8.74. The minimum Gasteiger partial charge on any atom is -0.495 e. The number of ether oxygens (including phenoxy) is 1. The molecule has 1 aliphatic heterocycles. The van der Waals surface area contributed by atoms with E-state index in [1.54, 1.807) is 17.9 Å². The summed E-state index contributed by atoms with van der Waals surface area (Å²) in [6.07, 6.45) is 0. The molecule has 31 heavy (non-hydrogen) atoms. The molecule has 0 aliphatic carbocycles. The third-order valence-corrected chi connectivity index (χ3v) is 5.68. The van der Waals surface area contributed by atoms with Crippen molar-refractivity contribution in [2.45, 2.75) is 32.4 Å². The van der Waals surface area contributed by atoms with Crippen LogP contribution in [0.15, 0.2) is 48.5 Å². The van der Waals surface area contributed by atoms with Gasteiger partial charge in [0.2, 0.25) is 0 Å². The normalized spacial score (nSPS) is 16.4. The van der Waals surface area contributed by atoms with Gasteiger partial charge in [0.1, 0.15) is 17.6 Å². The summed E-state index contributed by atoms with van der Waals surface area (Å²) in [5, 5.41) is 12.5. The minimum atomic E-state index is -0.366. The third-order valence-electron chi connectivity index (χ3n) is 5.68. The number of benzene rings is 2. The Morgan fingerprint density at radius 1 is 0.968 bits per heavy atom. The van der Waals surface area contributed by atoms with Gasteiger partial charge in [-0.25, -0.2) is 9.07 Å². The van der Waals surface area contributed by atoms with Gasteiger partial charge in [0.15, 0.2) is 5.82 Å². The number of para-hydroxylation sites is 2. The van der Waals surface area contributed by atoms with E-state index >= 15 is 0 Å². The summed E-state index contributed by atoms with van der Waals surface area (Å²) < 4.78 is 22.3. The number of piperazine rings is 1. The second-order valence-electron chi connectivity index (χ2n) is 8.74. The molecule has 0 radical (unpaired) electrons. The van der Waals surface area contributed by atoms with Crippen LogP contribution in [0.1, 0.15) is 38.2 Å². The fourth-order valence-electron chi connectivity index (χ4n) is 4.15. The third kappa shape index (κ3) is 4.25. The molecule has 8 heteroatoms. The quantitative estimate of drug-likeness (QED) is 0.625. The first-order chi connectivity index (χ1) is 14.9. The molecule has 0 amide bonds. The Bertz CT molecular complexity index is 1020. The first-order valence-electron chi connectivity index (χ1n) is 10.6. The summed E-state index contributed by atoms with van der Waals surface area (Å²) in [7, 11) is 1.69. The SMILES string of the molecule is COc1ccccc1N1CCN([C@@H](c2ccccc2F)c2nnnn2C(C)(C)C)CC1. The average Bonchev–Trinajstić information content (AvgIpc) is 3.26. The van der Waals surface area contributed by atoms with Gasteiger partial charge >= 0.3 is 0 Å². The number of tetrazole rings is 1. The van der Waals surface area contributed by atoms with E-state index in [9.17, 15) is 4.39 Å². The lowest BCUT2D eigenvalue weighted by Crippen LogP contribution is -2.49. The summed E-state index contributed by atoms with van der Waals surface area (Å²) in [6.45, 7) is 9.22. The van der Waals surface area contributed by atoms with Crippen molar-refractivity contribution < 1.29 is 9.13 Å². The predicted molar refractivity (Wildman–Crippen MR) is 118 cm³/mol. The van der Waals surface area contributed by atoms with Crippen LogP contribution in [0.5, 0.6) is 5.75 Å². The van der Waals surface area contributed by atoms with Gasteiger partial charge in [-0.05, 0) is 49.4 Å². The van der Waals surface area contributed by atoms with E-state index in [0.717, 1.165) is 37.6 Å². The molecule has 1 fully saturated rings. The first-order valence-corrected chi connectivity index (χ1v) is 10.6. The Balaban J connectivity index is 1.65. The highest BCUT2D eigenvalue weighted by molar-refractivity contribution is 5.58. The summed E-state index contributed by atoms with van der Waals surface area (Å²) in [5.41, 5.74) is 1.35. The molecule has 2 heterocycles. The minimum absolute atomic E-state index is 0.247. The van der Waals surface area contributed by atoms with Crippen LogP contribution in [-0.2, 0) is 5.54 Å². The fourth-order valence-corrected chi connectivity index (χ4v) is 4.15. The van der Waals surface area contributed by atoms with Gasteiger partial charge in [-0.3, -0.25) is 4.90 Å². The van der Waals surface area contributed by atoms with E-state index in [1.165, 1.54) is 6.07 Å². The maximum Gasteiger partial charge on any atom is 0.173 e. The standard InChI is InChI=1S/C23H29FN6O/c1-23(2,3)30-22(25-26-27-30)21(17-9-5-6-10-18(17)24)29-15-13-28(14-16-29)19-11-7-8-12-20(19)31-4/h5-12,21H,13-16H2,1-4H3/t21-/m0/s1. The van der Waals surface area contributed by atoms with Gasteiger partial charge in [0.25, 0.3) is 0 Å². The van der Waals surface area contributed by atoms with E-state index in [0.29, 0.717) is 11.4 Å². The summed E-state index contributed by atoms with van der Waals surface area (Å²) in [6, 6.07) is 14.6. The van der Waals surface area contributed by atoms with Gasteiger partial charge in [0, 0.05) is 31.7 Å². The van der Waals surface area contributed by atoms with Gasteiger partial charge in [-0.1, -0.05) is 30.3 Å². The number of rotatable bonds is 5. The molecule has 0 bridgehead atoms. The lowest BCUT2D eigenvalue weighted by atomic mass is 10.0. The Hall–Kier alpha value is -3.00. The second kappa shape index (κ2) is 8.63. The smallest absolute Gasteiger partial charge is 0.173 e. The molecule has 2 aromatic carbocycles. The Morgan fingerprint density at radius 3 is 2.32 bits per heavy atom. The Labute approximate surface area is 182 Å². The molecule has 1 aliphatic rings. The Kier molecular flexibility index (Phi) is 5.91. The van der Waals surface area contributed by atoms with Crippen molar-refractivity contribution in [3.63, 3.8) is 0 Å². The van der Waals surface area contributed by atoms with Crippen LogP contribution < -0.4 is 9.64 Å². The molecule has 7 nitrogen and oxygen atoms in total. The number of aromatic nitrogens is 4. The molecular weight excluding hydrogens is 395 g/mol. The van der Waals surface area contributed by atoms with Crippen molar-refractivity contribution in [2.24, 2.45) is 0 Å². The van der Waals surface area contributed by atoms with Crippen molar-refractivity contribution in [3.8, 4) is 5.75 Å². The van der Waals surface area contributed by atoms with E-state index in [1.807, 2.05) is 51.1 Å². The predicted octanol–water partition coefficient (Wildman–Crippen LogP) is 3.49. The Morgan fingerprint density at radius 2 is 1.65 bits per heavy atom. The van der Waals surface area contributed by atoms with Gasteiger partial charge in [-0.15, -0.1) is 5.10 Å². The van der Waals surface area contributed by atoms with Crippen LogP contribution in [0, 0.1) is 5.82 Å². The van der Waals surface area contributed by atoms with Crippen molar-refractivity contribution in [1.82, 2.24) is 25.1 Å². The van der Waals surface area contributed by atoms with Crippen LogP contribution in [0.4, 0.5) is 10.1 Å². The highest BCUT2D eigenvalue weighted by atomic mass is 19.1. The van der Waals surface area contributed by atoms with E-state index in [-0.39, 0.29) is 17.4 Å². The largest absolute Gasteiger partial charge is 0.495 e. The van der Waals surface area contributed by atoms with E-state index < -0.39 is 0 Å². The maximum atomic E-state index is 14.9. The van der Waals surface area contributed by atoms with Gasteiger partial charge in [-0.2, -0.15) is 0 Å². The van der Waals surface area contributed by atoms with Crippen LogP contribution in [0.2, 0.25) is 0 Å². The molecule has 164 valence electrons. The maximum absolute atomic E-state index is 14.9. The number of hydrogen-bond donors (Lipinski definition) is 0. The zero-order valence-corrected chi connectivity index (χ0v) is 18.5. The van der Waals surface area contributed by atoms with E-state index in [4.69, 9.17) is 4.74 Å². The van der Waals surface area contributed by atoms with Crippen LogP contribution >= 0.6 is 0 Å². The first kappa shape index (κ1) is 21.2. The van der Waals surface area contributed by atoms with Crippen molar-refractivity contribution in [1.29, 1.82) is 0 Å². The summed E-state index contributed by atoms with van der Waals surface area (Å²) >= 11 is 0. The number of halogens is 1. The topological polar surface area (TPSA) is 59.3 Å². The van der Waals surface area contributed by atoms with Crippen molar-refractivity contribution in [3.05, 3.63) is 65.7 Å². The monoisotopic (exact) mass is 424 g/mol. The molecule has 0 spiro atoms. The fraction of sp³-hybridized carbons (Fsp3) is 0.435. The molecule has 4 rings (SSSR count). The van der Waals surface area contributed by atoms with Crippen LogP contribution in [-0.4, -0.2) is 58.4 Å². The molecule has 0 unspecified atom stereocenters. The zero-order valence-electron chi connectivity index (χ0n) is 18.5. The molecule has 0 saturated carbocycles. The molecule has 1 aromatic heterocycles. The lowest BCUT2D eigenvalue weighted by molar-refractivity contribution is 0.188. The number of anilines is 1. The van der Waals surface area contributed by atoms with Gasteiger partial charge in [0.05, 0.1) is 18.3 Å². The summed E-state index contributed by atoms with van der Waals surface area (Å²) in [5.74, 6) is 1.27. The lowest BCUT2D eigenvalue weighted by Gasteiger charge is -2.40. The number of nitrogens with zero attached hydrogens (tertiary/aromatic N) is 6.